The summed E-state index contributed by atoms with van der Waals surface area (Å²) in [5.41, 5.74) is 7.26. The predicted octanol–water partition coefficient (Wildman–Crippen LogP) is 4.00. The molecule has 20 heavy (non-hydrogen) atoms. The molecule has 0 bridgehead atoms. The number of hydrogen-bond acceptors (Lipinski definition) is 1. The van der Waals surface area contributed by atoms with E-state index in [1.54, 1.807) is 0 Å². The molecule has 0 atom stereocenters. The number of nitrogens with zero attached hydrogens (tertiary/aromatic N) is 2. The molecule has 2 N–H and O–H groups in total. The van der Waals surface area contributed by atoms with E-state index in [1.165, 1.54) is 5.56 Å². The van der Waals surface area contributed by atoms with E-state index in [1.807, 2.05) is 6.07 Å². The Morgan fingerprint density at radius 3 is 2.40 bits per heavy atom. The van der Waals surface area contributed by atoms with Crippen molar-refractivity contribution in [1.82, 2.24) is 4.90 Å². The molecule has 0 aromatic heterocycles. The van der Waals surface area contributed by atoms with Crippen molar-refractivity contribution >= 4 is 45.9 Å². The molecule has 0 aliphatic heterocycles. The molecule has 0 spiro atoms. The van der Waals surface area contributed by atoms with Crippen LogP contribution >= 0.6 is 39.9 Å². The van der Waals surface area contributed by atoms with Crippen molar-refractivity contribution in [2.75, 3.05) is 19.6 Å². The van der Waals surface area contributed by atoms with Crippen molar-refractivity contribution < 1.29 is 0 Å². The lowest BCUT2D eigenvalue weighted by Gasteiger charge is -2.25. The molecule has 0 amide bonds. The molecule has 0 saturated carbocycles. The standard InChI is InChI=1S/C15H24BrN3.HI/c1-5-19(6-2)14(17)18-11-15(3,4)12-8-7-9-13(16)10-12;/h7-10H,5-6,11H2,1-4H3,(H2,17,18);1H. The number of nitrogens with two attached hydrogens (primary N) is 1. The van der Waals surface area contributed by atoms with Gasteiger partial charge in [0.1, 0.15) is 0 Å². The molecule has 3 nitrogen and oxygen atoms in total. The second-order valence-corrected chi connectivity index (χ2v) is 6.16. The zero-order chi connectivity index (χ0) is 14.5. The molecule has 5 heteroatoms. The topological polar surface area (TPSA) is 41.6 Å². The van der Waals surface area contributed by atoms with E-state index < -0.39 is 0 Å². The van der Waals surface area contributed by atoms with E-state index in [9.17, 15) is 0 Å². The maximum Gasteiger partial charge on any atom is 0.191 e. The first-order chi connectivity index (χ1) is 8.90. The monoisotopic (exact) mass is 453 g/mol. The van der Waals surface area contributed by atoms with Gasteiger partial charge in [0.15, 0.2) is 5.96 Å². The van der Waals surface area contributed by atoms with Crippen molar-refractivity contribution in [3.63, 3.8) is 0 Å². The van der Waals surface area contributed by atoms with Gasteiger partial charge in [-0.2, -0.15) is 0 Å². The van der Waals surface area contributed by atoms with Crippen LogP contribution in [0.15, 0.2) is 33.7 Å². The minimum absolute atomic E-state index is 0. The fourth-order valence-electron chi connectivity index (χ4n) is 1.93. The molecule has 114 valence electrons. The van der Waals surface area contributed by atoms with Crippen LogP contribution in [0.5, 0.6) is 0 Å². The van der Waals surface area contributed by atoms with E-state index in [4.69, 9.17) is 5.73 Å². The Hall–Kier alpha value is -0.300. The van der Waals surface area contributed by atoms with Gasteiger partial charge in [-0.1, -0.05) is 41.9 Å². The second kappa shape index (κ2) is 8.87. The molecule has 0 fully saturated rings. The normalized spacial score (nSPS) is 11.9. The molecular formula is C15H25BrIN3. The third kappa shape index (κ3) is 5.60. The summed E-state index contributed by atoms with van der Waals surface area (Å²) >= 11 is 3.51. The van der Waals surface area contributed by atoms with Gasteiger partial charge in [0.2, 0.25) is 0 Å². The van der Waals surface area contributed by atoms with Gasteiger partial charge in [-0.05, 0) is 31.5 Å². The van der Waals surface area contributed by atoms with Crippen LogP contribution in [0, 0.1) is 0 Å². The summed E-state index contributed by atoms with van der Waals surface area (Å²) in [5.74, 6) is 0.632. The van der Waals surface area contributed by atoms with Crippen LogP contribution in [-0.2, 0) is 5.41 Å². The van der Waals surface area contributed by atoms with E-state index in [-0.39, 0.29) is 29.4 Å². The van der Waals surface area contributed by atoms with Crippen molar-refractivity contribution in [2.24, 2.45) is 10.7 Å². The minimum Gasteiger partial charge on any atom is -0.370 e. The summed E-state index contributed by atoms with van der Waals surface area (Å²) in [5, 5.41) is 0. The number of hydrogen-bond donors (Lipinski definition) is 1. The molecule has 0 saturated heterocycles. The number of guanidine groups is 1. The Morgan fingerprint density at radius 2 is 1.90 bits per heavy atom. The van der Waals surface area contributed by atoms with E-state index >= 15 is 0 Å². The highest BCUT2D eigenvalue weighted by atomic mass is 127. The number of rotatable bonds is 5. The Bertz CT molecular complexity index is 442. The average Bonchev–Trinajstić information content (AvgIpc) is 2.38. The van der Waals surface area contributed by atoms with Crippen molar-refractivity contribution in [3.05, 3.63) is 34.3 Å². The molecule has 0 unspecified atom stereocenters. The van der Waals surface area contributed by atoms with Gasteiger partial charge < -0.3 is 10.6 Å². The molecule has 1 rings (SSSR count). The first-order valence-electron chi connectivity index (χ1n) is 6.71. The first kappa shape index (κ1) is 19.7. The maximum atomic E-state index is 6.02. The van der Waals surface area contributed by atoms with Crippen LogP contribution < -0.4 is 5.73 Å². The lowest BCUT2D eigenvalue weighted by Crippen LogP contribution is -2.38. The van der Waals surface area contributed by atoms with E-state index in [0.29, 0.717) is 12.5 Å². The van der Waals surface area contributed by atoms with Crippen LogP contribution in [0.4, 0.5) is 0 Å². The molecule has 0 aliphatic carbocycles. The zero-order valence-electron chi connectivity index (χ0n) is 12.7. The Labute approximate surface area is 148 Å². The second-order valence-electron chi connectivity index (χ2n) is 5.24. The van der Waals surface area contributed by atoms with Crippen LogP contribution in [0.3, 0.4) is 0 Å². The summed E-state index contributed by atoms with van der Waals surface area (Å²) < 4.78 is 1.10. The summed E-state index contributed by atoms with van der Waals surface area (Å²) in [6, 6.07) is 8.36. The lowest BCUT2D eigenvalue weighted by atomic mass is 9.85. The van der Waals surface area contributed by atoms with Crippen molar-refractivity contribution in [3.8, 4) is 0 Å². The van der Waals surface area contributed by atoms with Gasteiger partial charge in [0.25, 0.3) is 0 Å². The number of benzene rings is 1. The molecule has 0 aliphatic rings. The quantitative estimate of drug-likeness (QED) is 0.416. The Balaban J connectivity index is 0.00000361. The van der Waals surface area contributed by atoms with Crippen molar-refractivity contribution in [1.29, 1.82) is 0 Å². The number of halogens is 2. The summed E-state index contributed by atoms with van der Waals surface area (Å²) in [7, 11) is 0. The fourth-order valence-corrected chi connectivity index (χ4v) is 2.33. The maximum absolute atomic E-state index is 6.02. The molecule has 1 aromatic carbocycles. The SMILES string of the molecule is CCN(CC)C(N)=NCC(C)(C)c1cccc(Br)c1.I. The van der Waals surface area contributed by atoms with Crippen LogP contribution in [0.1, 0.15) is 33.3 Å². The predicted molar refractivity (Wildman–Crippen MR) is 102 cm³/mol. The van der Waals surface area contributed by atoms with Gasteiger partial charge in [-0.25, -0.2) is 0 Å². The highest BCUT2D eigenvalue weighted by Gasteiger charge is 2.20. The van der Waals surface area contributed by atoms with Crippen LogP contribution in [0.25, 0.3) is 0 Å². The first-order valence-corrected chi connectivity index (χ1v) is 7.51. The van der Waals surface area contributed by atoms with Gasteiger partial charge in [0, 0.05) is 23.0 Å². The van der Waals surface area contributed by atoms with E-state index in [2.05, 4.69) is 71.7 Å². The zero-order valence-corrected chi connectivity index (χ0v) is 16.6. The highest BCUT2D eigenvalue weighted by Crippen LogP contribution is 2.26. The third-order valence-corrected chi connectivity index (χ3v) is 3.82. The minimum atomic E-state index is -0.0262. The van der Waals surface area contributed by atoms with Gasteiger partial charge >= 0.3 is 0 Å². The average molecular weight is 454 g/mol. The highest BCUT2D eigenvalue weighted by molar-refractivity contribution is 14.0. The summed E-state index contributed by atoms with van der Waals surface area (Å²) in [6.07, 6.45) is 0. The van der Waals surface area contributed by atoms with Crippen LogP contribution in [-0.4, -0.2) is 30.5 Å². The van der Waals surface area contributed by atoms with Gasteiger partial charge in [0.05, 0.1) is 6.54 Å². The fraction of sp³-hybridized carbons (Fsp3) is 0.533. The lowest BCUT2D eigenvalue weighted by molar-refractivity contribution is 0.451. The summed E-state index contributed by atoms with van der Waals surface area (Å²) in [4.78, 5) is 6.62. The summed E-state index contributed by atoms with van der Waals surface area (Å²) in [6.45, 7) is 11.0. The smallest absolute Gasteiger partial charge is 0.191 e. The molecule has 1 aromatic rings. The molecular weight excluding hydrogens is 429 g/mol. The largest absolute Gasteiger partial charge is 0.370 e. The number of aliphatic imine (C=N–C) groups is 1. The Morgan fingerprint density at radius 1 is 1.30 bits per heavy atom. The Kier molecular flexibility index (Phi) is 8.74. The van der Waals surface area contributed by atoms with Crippen LogP contribution in [0.2, 0.25) is 0 Å². The van der Waals surface area contributed by atoms with E-state index in [0.717, 1.165) is 17.6 Å². The van der Waals surface area contributed by atoms with Gasteiger partial charge in [-0.15, -0.1) is 24.0 Å². The third-order valence-electron chi connectivity index (χ3n) is 3.33. The van der Waals surface area contributed by atoms with Crippen molar-refractivity contribution in [2.45, 2.75) is 33.1 Å². The van der Waals surface area contributed by atoms with Gasteiger partial charge in [-0.3, -0.25) is 4.99 Å². The molecule has 0 radical (unpaired) electrons. The molecule has 0 heterocycles.